The first-order valence-electron chi connectivity index (χ1n) is 9.84. The van der Waals surface area contributed by atoms with E-state index in [1.165, 1.54) is 4.68 Å². The zero-order chi connectivity index (χ0) is 21.3. The van der Waals surface area contributed by atoms with Crippen molar-refractivity contribution < 1.29 is 0 Å². The molecule has 7 heteroatoms. The maximum Gasteiger partial charge on any atom is 0.282 e. The Balaban J connectivity index is 1.82. The van der Waals surface area contributed by atoms with E-state index in [1.807, 2.05) is 31.2 Å². The molecule has 0 spiro atoms. The second-order valence-corrected chi connectivity index (χ2v) is 8.08. The lowest BCUT2D eigenvalue weighted by Gasteiger charge is -2.09. The van der Waals surface area contributed by atoms with Gasteiger partial charge in [0.25, 0.3) is 5.56 Å². The monoisotopic (exact) mass is 463 g/mol. The summed E-state index contributed by atoms with van der Waals surface area (Å²) >= 11 is 3.44. The molecule has 0 aliphatic heterocycles. The van der Waals surface area contributed by atoms with Crippen LogP contribution in [0.1, 0.15) is 36.1 Å². The number of benzene rings is 1. The summed E-state index contributed by atoms with van der Waals surface area (Å²) in [6.07, 6.45) is 6.84. The predicted octanol–water partition coefficient (Wildman–Crippen LogP) is 4.80. The fourth-order valence-corrected chi connectivity index (χ4v) is 3.99. The van der Waals surface area contributed by atoms with Gasteiger partial charge in [0.05, 0.1) is 17.1 Å². The molecule has 6 nitrogen and oxygen atoms in total. The van der Waals surface area contributed by atoms with Gasteiger partial charge in [-0.2, -0.15) is 9.78 Å². The molecule has 0 fully saturated rings. The molecule has 0 saturated carbocycles. The standard InChI is InChI=1S/C23H22BrN5O/c1-4-5-22-27-21-7-6-18(24)13-20(21)23(30)29(22)26-14-17-12-15(2)28(16(17)3)19-8-10-25-11-9-19/h6-14H,4-5H2,1-3H3. The summed E-state index contributed by atoms with van der Waals surface area (Å²) in [5.41, 5.74) is 4.65. The molecule has 4 rings (SSSR count). The molecular formula is C23H22BrN5O. The van der Waals surface area contributed by atoms with Crippen molar-refractivity contribution in [2.75, 3.05) is 0 Å². The summed E-state index contributed by atoms with van der Waals surface area (Å²) in [4.78, 5) is 21.9. The molecule has 30 heavy (non-hydrogen) atoms. The van der Waals surface area contributed by atoms with Crippen LogP contribution in [-0.2, 0) is 6.42 Å². The summed E-state index contributed by atoms with van der Waals surface area (Å²) < 4.78 is 4.42. The van der Waals surface area contributed by atoms with Crippen LogP contribution in [0.2, 0.25) is 0 Å². The molecule has 0 radical (unpaired) electrons. The van der Waals surface area contributed by atoms with Gasteiger partial charge in [-0.25, -0.2) is 4.98 Å². The van der Waals surface area contributed by atoms with E-state index in [4.69, 9.17) is 0 Å². The van der Waals surface area contributed by atoms with Crippen molar-refractivity contribution in [2.45, 2.75) is 33.6 Å². The van der Waals surface area contributed by atoms with E-state index in [0.717, 1.165) is 33.5 Å². The fourth-order valence-electron chi connectivity index (χ4n) is 3.63. The Morgan fingerprint density at radius 2 is 1.90 bits per heavy atom. The minimum Gasteiger partial charge on any atom is -0.318 e. The van der Waals surface area contributed by atoms with Gasteiger partial charge in [0, 0.05) is 45.9 Å². The lowest BCUT2D eigenvalue weighted by Crippen LogP contribution is -2.22. The van der Waals surface area contributed by atoms with Gasteiger partial charge >= 0.3 is 0 Å². The highest BCUT2D eigenvalue weighted by atomic mass is 79.9. The second kappa shape index (κ2) is 8.36. The zero-order valence-electron chi connectivity index (χ0n) is 17.1. The highest BCUT2D eigenvalue weighted by Gasteiger charge is 2.12. The fraction of sp³-hybridized carbons (Fsp3) is 0.217. The Bertz CT molecular complexity index is 1300. The molecule has 0 N–H and O–H groups in total. The number of aromatic nitrogens is 4. The third kappa shape index (κ3) is 3.73. The van der Waals surface area contributed by atoms with Crippen LogP contribution in [0.25, 0.3) is 16.6 Å². The third-order valence-electron chi connectivity index (χ3n) is 5.05. The van der Waals surface area contributed by atoms with E-state index in [2.05, 4.69) is 55.5 Å². The van der Waals surface area contributed by atoms with Crippen molar-refractivity contribution in [3.05, 3.63) is 86.4 Å². The highest BCUT2D eigenvalue weighted by molar-refractivity contribution is 9.10. The van der Waals surface area contributed by atoms with Crippen molar-refractivity contribution in [2.24, 2.45) is 5.10 Å². The van der Waals surface area contributed by atoms with Gasteiger partial charge in [-0.05, 0) is 56.7 Å². The number of hydrogen-bond donors (Lipinski definition) is 0. The molecule has 0 atom stereocenters. The van der Waals surface area contributed by atoms with Crippen LogP contribution in [0.15, 0.2) is 63.2 Å². The molecule has 3 aromatic heterocycles. The quantitative estimate of drug-likeness (QED) is 0.399. The van der Waals surface area contributed by atoms with E-state index in [-0.39, 0.29) is 5.56 Å². The highest BCUT2D eigenvalue weighted by Crippen LogP contribution is 2.20. The van der Waals surface area contributed by atoms with E-state index in [0.29, 0.717) is 23.1 Å². The minimum absolute atomic E-state index is 0.163. The molecule has 0 unspecified atom stereocenters. The summed E-state index contributed by atoms with van der Waals surface area (Å²) in [6.45, 7) is 6.16. The number of halogens is 1. The topological polar surface area (TPSA) is 65.1 Å². The average molecular weight is 464 g/mol. The molecule has 3 heterocycles. The second-order valence-electron chi connectivity index (χ2n) is 7.17. The maximum atomic E-state index is 13.2. The van der Waals surface area contributed by atoms with Crippen LogP contribution in [0.5, 0.6) is 0 Å². The molecular weight excluding hydrogens is 442 g/mol. The molecule has 0 saturated heterocycles. The average Bonchev–Trinajstić information content (AvgIpc) is 3.02. The molecule has 4 aromatic rings. The lowest BCUT2D eigenvalue weighted by atomic mass is 10.2. The number of pyridine rings is 1. The summed E-state index contributed by atoms with van der Waals surface area (Å²) in [5.74, 6) is 0.663. The number of hydrogen-bond acceptors (Lipinski definition) is 4. The van der Waals surface area contributed by atoms with E-state index in [1.54, 1.807) is 24.7 Å². The van der Waals surface area contributed by atoms with Crippen molar-refractivity contribution in [1.29, 1.82) is 0 Å². The van der Waals surface area contributed by atoms with Gasteiger partial charge in [-0.3, -0.25) is 9.78 Å². The van der Waals surface area contributed by atoms with Gasteiger partial charge in [0.15, 0.2) is 0 Å². The summed E-state index contributed by atoms with van der Waals surface area (Å²) in [5, 5.41) is 5.10. The molecule has 0 aliphatic rings. The number of rotatable bonds is 5. The third-order valence-corrected chi connectivity index (χ3v) is 5.55. The normalized spacial score (nSPS) is 11.6. The first kappa shape index (κ1) is 20.2. The lowest BCUT2D eigenvalue weighted by molar-refractivity contribution is 0.703. The molecule has 152 valence electrons. The van der Waals surface area contributed by atoms with Gasteiger partial charge in [-0.15, -0.1) is 0 Å². The molecule has 0 aliphatic carbocycles. The largest absolute Gasteiger partial charge is 0.318 e. The van der Waals surface area contributed by atoms with Gasteiger partial charge in [0.1, 0.15) is 5.82 Å². The van der Waals surface area contributed by atoms with Crippen molar-refractivity contribution in [3.63, 3.8) is 0 Å². The van der Waals surface area contributed by atoms with Crippen molar-refractivity contribution >= 4 is 33.0 Å². The van der Waals surface area contributed by atoms with Crippen molar-refractivity contribution in [1.82, 2.24) is 19.2 Å². The van der Waals surface area contributed by atoms with Gasteiger partial charge in [0.2, 0.25) is 0 Å². The first-order chi connectivity index (χ1) is 14.5. The van der Waals surface area contributed by atoms with E-state index < -0.39 is 0 Å². The van der Waals surface area contributed by atoms with Crippen LogP contribution in [0, 0.1) is 13.8 Å². The Kier molecular flexibility index (Phi) is 5.63. The summed E-state index contributed by atoms with van der Waals surface area (Å²) in [6, 6.07) is 11.5. The van der Waals surface area contributed by atoms with Gasteiger partial charge < -0.3 is 4.57 Å². The van der Waals surface area contributed by atoms with Crippen molar-refractivity contribution in [3.8, 4) is 5.69 Å². The van der Waals surface area contributed by atoms with Crippen LogP contribution in [0.3, 0.4) is 0 Å². The smallest absolute Gasteiger partial charge is 0.282 e. The van der Waals surface area contributed by atoms with Crippen LogP contribution >= 0.6 is 15.9 Å². The Morgan fingerprint density at radius 3 is 2.63 bits per heavy atom. The Morgan fingerprint density at radius 1 is 1.13 bits per heavy atom. The van der Waals surface area contributed by atoms with Crippen LogP contribution in [0.4, 0.5) is 0 Å². The summed E-state index contributed by atoms with van der Waals surface area (Å²) in [7, 11) is 0. The Hall–Kier alpha value is -3.06. The van der Waals surface area contributed by atoms with Crippen LogP contribution in [-0.4, -0.2) is 25.4 Å². The molecule has 0 bridgehead atoms. The van der Waals surface area contributed by atoms with E-state index in [9.17, 15) is 4.79 Å². The zero-order valence-corrected chi connectivity index (χ0v) is 18.7. The number of nitrogens with zero attached hydrogens (tertiary/aromatic N) is 5. The molecule has 0 amide bonds. The Labute approximate surface area is 183 Å². The maximum absolute atomic E-state index is 13.2. The van der Waals surface area contributed by atoms with Crippen LogP contribution < -0.4 is 5.56 Å². The number of aryl methyl sites for hydroxylation is 2. The molecule has 1 aromatic carbocycles. The SMILES string of the molecule is CCCc1nc2ccc(Br)cc2c(=O)n1N=Cc1cc(C)n(-c2ccncc2)c1C. The minimum atomic E-state index is -0.163. The number of fused-ring (bicyclic) bond motifs is 1. The van der Waals surface area contributed by atoms with Gasteiger partial charge in [-0.1, -0.05) is 22.9 Å². The van der Waals surface area contributed by atoms with E-state index >= 15 is 0 Å². The predicted molar refractivity (Wildman–Crippen MR) is 124 cm³/mol. The first-order valence-corrected chi connectivity index (χ1v) is 10.6.